The maximum absolute atomic E-state index is 9.95. The lowest BCUT2D eigenvalue weighted by Gasteiger charge is -2.14. The molecule has 0 fully saturated rings. The standard InChI is InChI=1S/C8H16N4O4/c1-5(2)7(15-11-13)9-10-8(6(3)4)16-12-14/h5-8H,1-4H3/b10-9+. The van der Waals surface area contributed by atoms with Gasteiger partial charge < -0.3 is 9.68 Å². The number of nitrogens with zero attached hydrogens (tertiary/aromatic N) is 4. The van der Waals surface area contributed by atoms with E-state index in [9.17, 15) is 9.81 Å². The van der Waals surface area contributed by atoms with Crippen LogP contribution >= 0.6 is 0 Å². The summed E-state index contributed by atoms with van der Waals surface area (Å²) in [6, 6.07) is 0. The molecule has 0 aromatic rings. The molecule has 0 rings (SSSR count). The van der Waals surface area contributed by atoms with Crippen molar-refractivity contribution in [3.05, 3.63) is 9.81 Å². The Morgan fingerprint density at radius 2 is 1.06 bits per heavy atom. The van der Waals surface area contributed by atoms with Gasteiger partial charge >= 0.3 is 0 Å². The first kappa shape index (κ1) is 14.4. The normalized spacial score (nSPS) is 15.1. The summed E-state index contributed by atoms with van der Waals surface area (Å²) in [6.45, 7) is 7.16. The highest BCUT2D eigenvalue weighted by Gasteiger charge is 2.18. The van der Waals surface area contributed by atoms with Crippen LogP contribution in [0.5, 0.6) is 0 Å². The molecule has 92 valence electrons. The van der Waals surface area contributed by atoms with Crippen LogP contribution in [0.3, 0.4) is 0 Å². The summed E-state index contributed by atoms with van der Waals surface area (Å²) >= 11 is 0. The maximum atomic E-state index is 9.95. The van der Waals surface area contributed by atoms with Crippen molar-refractivity contribution in [3.63, 3.8) is 0 Å². The average molecular weight is 232 g/mol. The zero-order chi connectivity index (χ0) is 12.6. The minimum absolute atomic E-state index is 0.0709. The van der Waals surface area contributed by atoms with Crippen molar-refractivity contribution in [1.29, 1.82) is 0 Å². The number of hydrogen-bond donors (Lipinski definition) is 0. The number of rotatable bonds is 8. The van der Waals surface area contributed by atoms with Crippen LogP contribution < -0.4 is 0 Å². The van der Waals surface area contributed by atoms with Gasteiger partial charge in [0.1, 0.15) is 0 Å². The van der Waals surface area contributed by atoms with Crippen LogP contribution in [-0.4, -0.2) is 12.5 Å². The largest absolute Gasteiger partial charge is 0.335 e. The van der Waals surface area contributed by atoms with Gasteiger partial charge in [0.15, 0.2) is 10.7 Å². The fourth-order valence-electron chi connectivity index (χ4n) is 0.772. The summed E-state index contributed by atoms with van der Waals surface area (Å²) < 4.78 is 0. The molecule has 0 aliphatic carbocycles. The molecule has 0 N–H and O–H groups in total. The Bertz CT molecular complexity index is 220. The Balaban J connectivity index is 4.47. The molecule has 0 saturated carbocycles. The summed E-state index contributed by atoms with van der Waals surface area (Å²) in [5, 5.41) is 12.1. The predicted octanol–water partition coefficient (Wildman–Crippen LogP) is 2.80. The van der Waals surface area contributed by atoms with Crippen LogP contribution in [0.2, 0.25) is 0 Å². The molecule has 0 spiro atoms. The van der Waals surface area contributed by atoms with E-state index in [0.717, 1.165) is 0 Å². The summed E-state index contributed by atoms with van der Waals surface area (Å²) in [4.78, 5) is 28.8. The second-order valence-electron chi connectivity index (χ2n) is 3.86. The molecule has 0 amide bonds. The summed E-state index contributed by atoms with van der Waals surface area (Å²) in [5.41, 5.74) is 0. The van der Waals surface area contributed by atoms with Crippen LogP contribution in [0, 0.1) is 21.6 Å². The zero-order valence-electron chi connectivity index (χ0n) is 9.73. The van der Waals surface area contributed by atoms with Crippen LogP contribution in [0.1, 0.15) is 27.7 Å². The van der Waals surface area contributed by atoms with E-state index in [1.165, 1.54) is 0 Å². The predicted molar refractivity (Wildman–Crippen MR) is 55.9 cm³/mol. The van der Waals surface area contributed by atoms with Crippen LogP contribution in [0.15, 0.2) is 20.9 Å². The fraction of sp³-hybridized carbons (Fsp3) is 1.00. The first-order valence-electron chi connectivity index (χ1n) is 4.89. The second-order valence-corrected chi connectivity index (χ2v) is 3.86. The van der Waals surface area contributed by atoms with Gasteiger partial charge in [-0.05, 0) is 0 Å². The smallest absolute Gasteiger partial charge is 0.241 e. The lowest BCUT2D eigenvalue weighted by Crippen LogP contribution is -2.18. The monoisotopic (exact) mass is 232 g/mol. The van der Waals surface area contributed by atoms with Crippen LogP contribution in [0.25, 0.3) is 0 Å². The van der Waals surface area contributed by atoms with Gasteiger partial charge in [-0.25, -0.2) is 0 Å². The van der Waals surface area contributed by atoms with E-state index in [1.807, 2.05) is 0 Å². The summed E-state index contributed by atoms with van der Waals surface area (Å²) in [5.74, 6) is -0.142. The van der Waals surface area contributed by atoms with Crippen molar-refractivity contribution in [1.82, 2.24) is 0 Å². The molecule has 0 aliphatic heterocycles. The molecule has 2 unspecified atom stereocenters. The van der Waals surface area contributed by atoms with E-state index < -0.39 is 12.5 Å². The molecule has 0 bridgehead atoms. The first-order valence-corrected chi connectivity index (χ1v) is 4.89. The quantitative estimate of drug-likeness (QED) is 0.364. The third kappa shape index (κ3) is 5.32. The Hall–Kier alpha value is -1.60. The molecule has 0 aromatic carbocycles. The van der Waals surface area contributed by atoms with Crippen molar-refractivity contribution in [2.45, 2.75) is 40.2 Å². The van der Waals surface area contributed by atoms with Crippen molar-refractivity contribution in [3.8, 4) is 0 Å². The van der Waals surface area contributed by atoms with Crippen LogP contribution in [-0.2, 0) is 9.68 Å². The van der Waals surface area contributed by atoms with Crippen molar-refractivity contribution in [2.75, 3.05) is 0 Å². The summed E-state index contributed by atoms with van der Waals surface area (Å²) in [6.07, 6.45) is -1.57. The van der Waals surface area contributed by atoms with Gasteiger partial charge in [-0.3, -0.25) is 0 Å². The summed E-state index contributed by atoms with van der Waals surface area (Å²) in [7, 11) is 0. The molecule has 0 heterocycles. The van der Waals surface area contributed by atoms with Crippen molar-refractivity contribution < 1.29 is 9.68 Å². The minimum Gasteiger partial charge on any atom is -0.335 e. The first-order chi connectivity index (χ1) is 7.52. The van der Waals surface area contributed by atoms with E-state index in [4.69, 9.17) is 0 Å². The van der Waals surface area contributed by atoms with E-state index in [1.54, 1.807) is 27.7 Å². The maximum Gasteiger partial charge on any atom is 0.241 e. The third-order valence-corrected chi connectivity index (χ3v) is 1.74. The Kier molecular flexibility index (Phi) is 6.89. The molecule has 0 saturated heterocycles. The number of azo groups is 1. The van der Waals surface area contributed by atoms with Gasteiger partial charge in [0, 0.05) is 11.8 Å². The van der Waals surface area contributed by atoms with E-state index in [2.05, 4.69) is 30.6 Å². The molecule has 2 atom stereocenters. The highest BCUT2D eigenvalue weighted by molar-refractivity contribution is 4.60. The molecule has 8 nitrogen and oxygen atoms in total. The van der Waals surface area contributed by atoms with Gasteiger partial charge in [-0.2, -0.15) is 0 Å². The van der Waals surface area contributed by atoms with E-state index >= 15 is 0 Å². The highest BCUT2D eigenvalue weighted by Crippen LogP contribution is 2.13. The fourth-order valence-corrected chi connectivity index (χ4v) is 0.772. The molecule has 0 aromatic heterocycles. The van der Waals surface area contributed by atoms with E-state index in [0.29, 0.717) is 0 Å². The minimum atomic E-state index is -0.783. The lowest BCUT2D eigenvalue weighted by atomic mass is 10.2. The van der Waals surface area contributed by atoms with Crippen LogP contribution in [0.4, 0.5) is 0 Å². The Labute approximate surface area is 93.3 Å². The van der Waals surface area contributed by atoms with Gasteiger partial charge in [0.25, 0.3) is 0 Å². The highest BCUT2D eigenvalue weighted by atomic mass is 16.7. The number of hydrogen-bond acceptors (Lipinski definition) is 8. The van der Waals surface area contributed by atoms with Gasteiger partial charge in [0.2, 0.25) is 12.5 Å². The molecular weight excluding hydrogens is 216 g/mol. The van der Waals surface area contributed by atoms with E-state index in [-0.39, 0.29) is 11.8 Å². The van der Waals surface area contributed by atoms with Crippen molar-refractivity contribution >= 4 is 0 Å². The Morgan fingerprint density at radius 1 is 0.750 bits per heavy atom. The molecule has 16 heavy (non-hydrogen) atoms. The second kappa shape index (κ2) is 7.66. The zero-order valence-corrected chi connectivity index (χ0v) is 9.73. The van der Waals surface area contributed by atoms with Gasteiger partial charge in [0.05, 0.1) is 0 Å². The topological polar surface area (TPSA) is 102 Å². The van der Waals surface area contributed by atoms with Gasteiger partial charge in [-0.15, -0.1) is 20.0 Å². The third-order valence-electron chi connectivity index (χ3n) is 1.74. The van der Waals surface area contributed by atoms with Gasteiger partial charge in [-0.1, -0.05) is 27.7 Å². The van der Waals surface area contributed by atoms with Crippen molar-refractivity contribution in [2.24, 2.45) is 32.7 Å². The Morgan fingerprint density at radius 3 is 1.25 bits per heavy atom. The molecule has 8 heteroatoms. The molecular formula is C8H16N4O4. The average Bonchev–Trinajstić information content (AvgIpc) is 2.21. The molecule has 0 aliphatic rings. The molecule has 0 radical (unpaired) electrons. The SMILES string of the molecule is CC(C)C(/N=N/C(ON=O)C(C)C)ON=O. The lowest BCUT2D eigenvalue weighted by molar-refractivity contribution is -0.00114.